The molecule has 3 nitrogen and oxygen atoms in total. The lowest BCUT2D eigenvalue weighted by Crippen LogP contribution is -2.41. The van der Waals surface area contributed by atoms with Crippen molar-refractivity contribution in [3.8, 4) is 0 Å². The molecule has 0 aromatic heterocycles. The average Bonchev–Trinajstić information content (AvgIpc) is 2.41. The van der Waals surface area contributed by atoms with Crippen LogP contribution < -0.4 is 11.3 Å². The second-order valence-electron chi connectivity index (χ2n) is 5.54. The molecule has 1 fully saturated rings. The minimum Gasteiger partial charge on any atom is -0.378 e. The smallest absolute Gasteiger partial charge is 0.0580 e. The van der Waals surface area contributed by atoms with Crippen molar-refractivity contribution in [3.63, 3.8) is 0 Å². The van der Waals surface area contributed by atoms with E-state index >= 15 is 0 Å². The van der Waals surface area contributed by atoms with Gasteiger partial charge in [0.25, 0.3) is 0 Å². The first-order valence-electron chi connectivity index (χ1n) is 7.43. The van der Waals surface area contributed by atoms with Gasteiger partial charge in [0, 0.05) is 12.6 Å². The third kappa shape index (κ3) is 4.60. The standard InChI is InChI=1S/C16H26N2O/c1-2-19-16-11-14(12-16)10-15(18-17)9-8-13-6-4-3-5-7-13/h3-7,14-16,18H,2,8-12,17H2,1H3. The van der Waals surface area contributed by atoms with E-state index in [1.165, 1.54) is 24.8 Å². The molecular formula is C16H26N2O. The summed E-state index contributed by atoms with van der Waals surface area (Å²) in [6, 6.07) is 11.0. The second-order valence-corrected chi connectivity index (χ2v) is 5.54. The summed E-state index contributed by atoms with van der Waals surface area (Å²) in [7, 11) is 0. The number of nitrogens with two attached hydrogens (primary N) is 1. The maximum absolute atomic E-state index is 5.68. The normalized spacial score (nSPS) is 23.9. The Morgan fingerprint density at radius 2 is 2.05 bits per heavy atom. The molecule has 1 unspecified atom stereocenters. The van der Waals surface area contributed by atoms with Crippen molar-refractivity contribution in [2.75, 3.05) is 6.61 Å². The lowest BCUT2D eigenvalue weighted by molar-refractivity contribution is -0.0292. The summed E-state index contributed by atoms with van der Waals surface area (Å²) < 4.78 is 5.60. The van der Waals surface area contributed by atoms with Crippen LogP contribution in [0.5, 0.6) is 0 Å². The summed E-state index contributed by atoms with van der Waals surface area (Å²) in [6.45, 7) is 2.90. The van der Waals surface area contributed by atoms with Crippen LogP contribution in [-0.4, -0.2) is 18.8 Å². The lowest BCUT2D eigenvalue weighted by Gasteiger charge is -2.37. The fourth-order valence-corrected chi connectivity index (χ4v) is 2.90. The van der Waals surface area contributed by atoms with Crippen LogP contribution in [0.3, 0.4) is 0 Å². The molecule has 1 saturated carbocycles. The molecule has 0 aliphatic heterocycles. The molecule has 0 radical (unpaired) electrons. The Morgan fingerprint density at radius 1 is 1.32 bits per heavy atom. The molecule has 1 aromatic carbocycles. The van der Waals surface area contributed by atoms with E-state index in [-0.39, 0.29) is 0 Å². The summed E-state index contributed by atoms with van der Waals surface area (Å²) in [4.78, 5) is 0. The third-order valence-electron chi connectivity index (χ3n) is 4.07. The van der Waals surface area contributed by atoms with Crippen LogP contribution in [0.15, 0.2) is 30.3 Å². The van der Waals surface area contributed by atoms with Gasteiger partial charge in [0.05, 0.1) is 6.10 Å². The molecule has 2 rings (SSSR count). The molecule has 0 bridgehead atoms. The zero-order valence-electron chi connectivity index (χ0n) is 11.8. The second kappa shape index (κ2) is 7.63. The number of hydrazine groups is 1. The first-order valence-corrected chi connectivity index (χ1v) is 7.43. The minimum atomic E-state index is 0.424. The molecule has 0 amide bonds. The van der Waals surface area contributed by atoms with Gasteiger partial charge in [-0.05, 0) is 50.5 Å². The third-order valence-corrected chi connectivity index (χ3v) is 4.07. The lowest BCUT2D eigenvalue weighted by atomic mass is 9.77. The molecule has 106 valence electrons. The summed E-state index contributed by atoms with van der Waals surface area (Å²) in [5.41, 5.74) is 4.37. The highest BCUT2D eigenvalue weighted by Gasteiger charge is 2.30. The van der Waals surface area contributed by atoms with Crippen LogP contribution >= 0.6 is 0 Å². The quantitative estimate of drug-likeness (QED) is 0.559. The van der Waals surface area contributed by atoms with E-state index in [1.54, 1.807) is 0 Å². The Labute approximate surface area is 116 Å². The van der Waals surface area contributed by atoms with Gasteiger partial charge < -0.3 is 4.74 Å². The summed E-state index contributed by atoms with van der Waals surface area (Å²) in [5, 5.41) is 0. The number of aryl methyl sites for hydroxylation is 1. The summed E-state index contributed by atoms with van der Waals surface area (Å²) in [6.07, 6.45) is 6.29. The van der Waals surface area contributed by atoms with Crippen molar-refractivity contribution in [2.24, 2.45) is 11.8 Å². The number of nitrogens with one attached hydrogen (secondary N) is 1. The van der Waals surface area contributed by atoms with Gasteiger partial charge in [-0.25, -0.2) is 0 Å². The molecule has 1 aliphatic carbocycles. The van der Waals surface area contributed by atoms with Gasteiger partial charge in [-0.15, -0.1) is 0 Å². The van der Waals surface area contributed by atoms with Gasteiger partial charge in [-0.3, -0.25) is 11.3 Å². The van der Waals surface area contributed by atoms with E-state index in [0.29, 0.717) is 12.1 Å². The minimum absolute atomic E-state index is 0.424. The van der Waals surface area contributed by atoms with E-state index in [4.69, 9.17) is 10.6 Å². The Kier molecular flexibility index (Phi) is 5.83. The van der Waals surface area contributed by atoms with Gasteiger partial charge in [0.15, 0.2) is 0 Å². The van der Waals surface area contributed by atoms with Gasteiger partial charge in [-0.2, -0.15) is 0 Å². The largest absolute Gasteiger partial charge is 0.378 e. The van der Waals surface area contributed by atoms with E-state index < -0.39 is 0 Å². The maximum atomic E-state index is 5.68. The number of ether oxygens (including phenoxy) is 1. The van der Waals surface area contributed by atoms with Gasteiger partial charge >= 0.3 is 0 Å². The SMILES string of the molecule is CCOC1CC(CC(CCc2ccccc2)NN)C1. The fraction of sp³-hybridized carbons (Fsp3) is 0.625. The predicted molar refractivity (Wildman–Crippen MR) is 78.6 cm³/mol. The van der Waals surface area contributed by atoms with Crippen molar-refractivity contribution >= 4 is 0 Å². The van der Waals surface area contributed by atoms with E-state index in [1.807, 2.05) is 0 Å². The van der Waals surface area contributed by atoms with Gasteiger partial charge in [0.2, 0.25) is 0 Å². The van der Waals surface area contributed by atoms with Crippen LogP contribution in [0.2, 0.25) is 0 Å². The molecule has 3 N–H and O–H groups in total. The van der Waals surface area contributed by atoms with E-state index in [9.17, 15) is 0 Å². The van der Waals surface area contributed by atoms with Gasteiger partial charge in [-0.1, -0.05) is 30.3 Å². The molecule has 0 heterocycles. The van der Waals surface area contributed by atoms with Crippen LogP contribution in [0, 0.1) is 5.92 Å². The molecule has 3 heteroatoms. The predicted octanol–water partition coefficient (Wildman–Crippen LogP) is 2.66. The van der Waals surface area contributed by atoms with Crippen molar-refractivity contribution in [1.29, 1.82) is 0 Å². The molecule has 0 spiro atoms. The van der Waals surface area contributed by atoms with Crippen molar-refractivity contribution in [2.45, 2.75) is 51.2 Å². The van der Waals surface area contributed by atoms with Crippen LogP contribution in [0.25, 0.3) is 0 Å². The van der Waals surface area contributed by atoms with E-state index in [2.05, 4.69) is 42.7 Å². The fourth-order valence-electron chi connectivity index (χ4n) is 2.90. The van der Waals surface area contributed by atoms with Crippen molar-refractivity contribution in [3.05, 3.63) is 35.9 Å². The van der Waals surface area contributed by atoms with Gasteiger partial charge in [0.1, 0.15) is 0 Å². The Morgan fingerprint density at radius 3 is 2.68 bits per heavy atom. The number of hydrogen-bond donors (Lipinski definition) is 2. The average molecular weight is 262 g/mol. The topological polar surface area (TPSA) is 47.3 Å². The summed E-state index contributed by atoms with van der Waals surface area (Å²) in [5.74, 6) is 6.46. The highest BCUT2D eigenvalue weighted by Crippen LogP contribution is 2.34. The van der Waals surface area contributed by atoms with Crippen LogP contribution in [0.4, 0.5) is 0 Å². The monoisotopic (exact) mass is 262 g/mol. The van der Waals surface area contributed by atoms with Crippen LogP contribution in [0.1, 0.15) is 38.2 Å². The summed E-state index contributed by atoms with van der Waals surface area (Å²) >= 11 is 0. The maximum Gasteiger partial charge on any atom is 0.0580 e. The Bertz CT molecular complexity index is 349. The number of rotatable bonds is 8. The number of hydrogen-bond acceptors (Lipinski definition) is 3. The molecule has 0 saturated heterocycles. The number of benzene rings is 1. The molecule has 1 aliphatic rings. The first kappa shape index (κ1) is 14.5. The van der Waals surface area contributed by atoms with E-state index in [0.717, 1.165) is 25.4 Å². The zero-order chi connectivity index (χ0) is 13.5. The first-order chi connectivity index (χ1) is 9.31. The Balaban J connectivity index is 1.67. The molecular weight excluding hydrogens is 236 g/mol. The Hall–Kier alpha value is -0.900. The van der Waals surface area contributed by atoms with Crippen molar-refractivity contribution in [1.82, 2.24) is 5.43 Å². The molecule has 19 heavy (non-hydrogen) atoms. The molecule has 1 aromatic rings. The highest BCUT2D eigenvalue weighted by atomic mass is 16.5. The van der Waals surface area contributed by atoms with Crippen LogP contribution in [-0.2, 0) is 11.2 Å². The zero-order valence-corrected chi connectivity index (χ0v) is 11.8. The highest BCUT2D eigenvalue weighted by molar-refractivity contribution is 5.14. The molecule has 1 atom stereocenters. The van der Waals surface area contributed by atoms with Crippen molar-refractivity contribution < 1.29 is 4.74 Å².